The van der Waals surface area contributed by atoms with Crippen LogP contribution in [0.25, 0.3) is 44.9 Å². The van der Waals surface area contributed by atoms with Gasteiger partial charge in [0.25, 0.3) is 0 Å². The van der Waals surface area contributed by atoms with Crippen LogP contribution in [0.4, 0.5) is 11.4 Å². The Morgan fingerprint density at radius 3 is 2.25 bits per heavy atom. The quantitative estimate of drug-likeness (QED) is 0.190. The van der Waals surface area contributed by atoms with Gasteiger partial charge in [-0.2, -0.15) is 15.8 Å². The summed E-state index contributed by atoms with van der Waals surface area (Å²) < 4.78 is 2.34. The Morgan fingerprint density at radius 1 is 0.647 bits per heavy atom. The lowest BCUT2D eigenvalue weighted by molar-refractivity contribution is 0.690. The molecule has 3 atom stereocenters. The van der Waals surface area contributed by atoms with E-state index in [2.05, 4.69) is 126 Å². The van der Waals surface area contributed by atoms with E-state index in [-0.39, 0.29) is 12.0 Å². The molecule has 0 saturated heterocycles. The number of aromatic nitrogens is 1. The fourth-order valence-electron chi connectivity index (χ4n) is 8.30. The number of anilines is 2. The topological polar surface area (TPSA) is 79.5 Å². The zero-order valence-electron chi connectivity index (χ0n) is 28.0. The minimum atomic E-state index is 0.0559. The van der Waals surface area contributed by atoms with Crippen LogP contribution in [0.5, 0.6) is 0 Å². The molecule has 2 aliphatic carbocycles. The first kappa shape index (κ1) is 30.2. The lowest BCUT2D eigenvalue weighted by atomic mass is 9.89. The number of fused-ring (bicyclic) bond motifs is 6. The number of allylic oxidation sites excluding steroid dienone is 3. The molecule has 51 heavy (non-hydrogen) atoms. The first-order valence-corrected chi connectivity index (χ1v) is 17.2. The summed E-state index contributed by atoms with van der Waals surface area (Å²) in [5, 5.41) is 30.9. The monoisotopic (exact) mass is 653 g/mol. The summed E-state index contributed by atoms with van der Waals surface area (Å²) in [4.78, 5) is 2.40. The fraction of sp³-hybridized carbons (Fsp3) is 0.109. The van der Waals surface area contributed by atoms with Crippen molar-refractivity contribution < 1.29 is 0 Å². The molecule has 0 fully saturated rings. The normalized spacial score (nSPS) is 18.1. The zero-order chi connectivity index (χ0) is 34.6. The Morgan fingerprint density at radius 2 is 1.41 bits per heavy atom. The Kier molecular flexibility index (Phi) is 7.06. The fourth-order valence-corrected chi connectivity index (χ4v) is 8.30. The van der Waals surface area contributed by atoms with Gasteiger partial charge in [-0.15, -0.1) is 0 Å². The van der Waals surface area contributed by atoms with Crippen molar-refractivity contribution in [3.63, 3.8) is 0 Å². The third-order valence-electron chi connectivity index (χ3n) is 10.6. The van der Waals surface area contributed by atoms with Crippen LogP contribution in [0, 0.1) is 39.9 Å². The van der Waals surface area contributed by atoms with Gasteiger partial charge in [0.2, 0.25) is 0 Å². The second kappa shape index (κ2) is 11.9. The Hall–Kier alpha value is -6.87. The standard InChI is InChI=1S/C46H31N5/c1-29-14-18-38-41-24-30(26-47)15-20-44(41)50(46(38)22-29)33-17-19-35(39(25-33)34-9-3-2-8-32(34)28-49)36-10-4-6-12-42(36)51-43-13-7-5-11-37(43)40-23-31(27-48)16-21-45(40)51/h2-21,23-25,29,37,43H,22H2,1H3. The van der Waals surface area contributed by atoms with Gasteiger partial charge in [0.1, 0.15) is 0 Å². The molecule has 0 N–H and O–H groups in total. The predicted molar refractivity (Wildman–Crippen MR) is 204 cm³/mol. The molecule has 3 aliphatic rings. The van der Waals surface area contributed by atoms with Crippen molar-refractivity contribution in [2.45, 2.75) is 25.3 Å². The molecule has 0 saturated carbocycles. The number of hydrogen-bond donors (Lipinski definition) is 0. The number of benzene rings is 5. The highest BCUT2D eigenvalue weighted by atomic mass is 15.2. The number of para-hydroxylation sites is 1. The van der Waals surface area contributed by atoms with Crippen molar-refractivity contribution in [2.24, 2.45) is 5.92 Å². The SMILES string of the molecule is CC1C=Cc2c(n(-c3ccc(-c4ccccc4N4c5ccc(C#N)cc5C5C=CC=CC54)c(-c4ccccc4C#N)c3)c3ccc(C#N)cc23)C1. The molecule has 5 heteroatoms. The highest BCUT2D eigenvalue weighted by molar-refractivity contribution is 5.97. The molecule has 240 valence electrons. The molecule has 0 spiro atoms. The summed E-state index contributed by atoms with van der Waals surface area (Å²) in [5.41, 5.74) is 13.6. The summed E-state index contributed by atoms with van der Waals surface area (Å²) in [7, 11) is 0. The molecule has 6 aromatic rings. The van der Waals surface area contributed by atoms with Crippen LogP contribution in [0.15, 0.2) is 134 Å². The van der Waals surface area contributed by atoms with Crippen LogP contribution < -0.4 is 4.90 Å². The second-order valence-electron chi connectivity index (χ2n) is 13.5. The van der Waals surface area contributed by atoms with Gasteiger partial charge >= 0.3 is 0 Å². The molecule has 0 amide bonds. The summed E-state index contributed by atoms with van der Waals surface area (Å²) in [6.07, 6.45) is 14.0. The van der Waals surface area contributed by atoms with Crippen molar-refractivity contribution in [1.29, 1.82) is 15.8 Å². The number of nitrogens with zero attached hydrogens (tertiary/aromatic N) is 5. The average Bonchev–Trinajstić information content (AvgIpc) is 3.68. The van der Waals surface area contributed by atoms with E-state index in [9.17, 15) is 15.8 Å². The molecule has 5 nitrogen and oxygen atoms in total. The van der Waals surface area contributed by atoms with E-state index in [0.29, 0.717) is 22.6 Å². The molecular formula is C46H31N5. The van der Waals surface area contributed by atoms with E-state index in [0.717, 1.165) is 67.8 Å². The zero-order valence-corrected chi connectivity index (χ0v) is 28.0. The molecule has 0 radical (unpaired) electrons. The van der Waals surface area contributed by atoms with Crippen LogP contribution in [-0.2, 0) is 6.42 Å². The van der Waals surface area contributed by atoms with E-state index < -0.39 is 0 Å². The van der Waals surface area contributed by atoms with Crippen LogP contribution in [0.1, 0.15) is 46.4 Å². The van der Waals surface area contributed by atoms with Gasteiger partial charge in [-0.25, -0.2) is 0 Å². The van der Waals surface area contributed by atoms with Gasteiger partial charge in [-0.05, 0) is 89.7 Å². The largest absolute Gasteiger partial charge is 0.333 e. The maximum Gasteiger partial charge on any atom is 0.0998 e. The van der Waals surface area contributed by atoms with Crippen LogP contribution >= 0.6 is 0 Å². The Balaban J connectivity index is 1.29. The van der Waals surface area contributed by atoms with E-state index >= 15 is 0 Å². The summed E-state index contributed by atoms with van der Waals surface area (Å²) >= 11 is 0. The highest BCUT2D eigenvalue weighted by Gasteiger charge is 2.38. The smallest absolute Gasteiger partial charge is 0.0998 e. The van der Waals surface area contributed by atoms with Gasteiger partial charge in [0.15, 0.2) is 0 Å². The van der Waals surface area contributed by atoms with Crippen LogP contribution in [0.3, 0.4) is 0 Å². The van der Waals surface area contributed by atoms with E-state index in [4.69, 9.17) is 0 Å². The second-order valence-corrected chi connectivity index (χ2v) is 13.5. The van der Waals surface area contributed by atoms with Crippen molar-refractivity contribution >= 4 is 28.4 Å². The highest BCUT2D eigenvalue weighted by Crippen LogP contribution is 2.51. The van der Waals surface area contributed by atoms with Crippen molar-refractivity contribution in [2.75, 3.05) is 4.90 Å². The number of nitriles is 3. The van der Waals surface area contributed by atoms with Crippen molar-refractivity contribution in [3.8, 4) is 46.1 Å². The van der Waals surface area contributed by atoms with Crippen LogP contribution in [-0.4, -0.2) is 10.6 Å². The summed E-state index contributed by atoms with van der Waals surface area (Å²) in [6.45, 7) is 2.23. The summed E-state index contributed by atoms with van der Waals surface area (Å²) in [5.74, 6) is 0.500. The maximum atomic E-state index is 10.3. The van der Waals surface area contributed by atoms with Crippen molar-refractivity contribution in [1.82, 2.24) is 4.57 Å². The molecular weight excluding hydrogens is 623 g/mol. The Labute approximate surface area is 297 Å². The average molecular weight is 654 g/mol. The van der Waals surface area contributed by atoms with Gasteiger partial charge in [0.05, 0.1) is 46.5 Å². The first-order valence-electron chi connectivity index (χ1n) is 17.2. The first-order chi connectivity index (χ1) is 25.1. The maximum absolute atomic E-state index is 10.3. The van der Waals surface area contributed by atoms with Gasteiger partial charge in [0, 0.05) is 50.8 Å². The molecule has 9 rings (SSSR count). The number of hydrogen-bond acceptors (Lipinski definition) is 4. The molecule has 5 aromatic carbocycles. The summed E-state index contributed by atoms with van der Waals surface area (Å²) in [6, 6.07) is 42.1. The van der Waals surface area contributed by atoms with E-state index in [1.165, 1.54) is 5.69 Å². The van der Waals surface area contributed by atoms with Crippen LogP contribution in [0.2, 0.25) is 0 Å². The third kappa shape index (κ3) is 4.74. The molecule has 3 unspecified atom stereocenters. The third-order valence-corrected chi connectivity index (χ3v) is 10.6. The van der Waals surface area contributed by atoms with Gasteiger partial charge < -0.3 is 9.47 Å². The van der Waals surface area contributed by atoms with Crippen molar-refractivity contribution in [3.05, 3.63) is 167 Å². The van der Waals surface area contributed by atoms with E-state index in [1.54, 1.807) is 0 Å². The molecule has 1 aromatic heterocycles. The minimum absolute atomic E-state index is 0.0559. The lowest BCUT2D eigenvalue weighted by Crippen LogP contribution is -2.28. The molecule has 0 bridgehead atoms. The minimum Gasteiger partial charge on any atom is -0.333 e. The molecule has 2 heterocycles. The van der Waals surface area contributed by atoms with Gasteiger partial charge in [-0.1, -0.05) is 85.8 Å². The number of rotatable bonds is 4. The van der Waals surface area contributed by atoms with E-state index in [1.807, 2.05) is 48.5 Å². The lowest BCUT2D eigenvalue weighted by Gasteiger charge is -2.31. The van der Waals surface area contributed by atoms with Gasteiger partial charge in [-0.3, -0.25) is 0 Å². The Bertz CT molecular complexity index is 2650. The predicted octanol–water partition coefficient (Wildman–Crippen LogP) is 10.5. The molecule has 1 aliphatic heterocycles.